The maximum atomic E-state index is 12.4. The van der Waals surface area contributed by atoms with Crippen LogP contribution in [0.1, 0.15) is 18.4 Å². The molecule has 0 radical (unpaired) electrons. The number of nitrogens with one attached hydrogen (secondary N) is 1. The molecule has 0 saturated heterocycles. The number of hydrogen-bond acceptors (Lipinski definition) is 5. The quantitative estimate of drug-likeness (QED) is 0.433. The number of aromatic amines is 1. The van der Waals surface area contributed by atoms with Crippen LogP contribution in [0.25, 0.3) is 10.9 Å². The standard InChI is InChI=1S/C16H19N3O5/c17-11(5-6-13(20)21)14(22)16(18,15(23)24)7-9-8-19-12-4-2-1-3-10(9)12/h1-4,8,11,19H,5-7,17-18H2,(H,20,21)(H,23,24). The fourth-order valence-corrected chi connectivity index (χ4v) is 2.59. The molecule has 2 rings (SSSR count). The Hall–Kier alpha value is -2.71. The number of aliphatic carboxylic acids is 2. The molecule has 0 saturated carbocycles. The van der Waals surface area contributed by atoms with Gasteiger partial charge in [0.15, 0.2) is 11.3 Å². The minimum atomic E-state index is -2.22. The number of para-hydroxylation sites is 1. The molecule has 24 heavy (non-hydrogen) atoms. The number of hydrogen-bond donors (Lipinski definition) is 5. The number of carboxylic acid groups (broad SMARTS) is 2. The van der Waals surface area contributed by atoms with Crippen molar-refractivity contribution in [3.8, 4) is 0 Å². The molecule has 0 aliphatic rings. The molecule has 0 fully saturated rings. The van der Waals surface area contributed by atoms with Crippen LogP contribution < -0.4 is 11.5 Å². The van der Waals surface area contributed by atoms with Crippen LogP contribution in [0.4, 0.5) is 0 Å². The minimum absolute atomic E-state index is 0.172. The van der Waals surface area contributed by atoms with E-state index >= 15 is 0 Å². The highest BCUT2D eigenvalue weighted by Gasteiger charge is 2.44. The lowest BCUT2D eigenvalue weighted by Crippen LogP contribution is -2.61. The lowest BCUT2D eigenvalue weighted by atomic mass is 9.83. The van der Waals surface area contributed by atoms with Gasteiger partial charge in [0, 0.05) is 29.9 Å². The SMILES string of the molecule is NC(CCC(=O)O)C(=O)C(N)(Cc1c[nH]c2ccccc12)C(=O)O. The Labute approximate surface area is 137 Å². The summed E-state index contributed by atoms with van der Waals surface area (Å²) in [7, 11) is 0. The smallest absolute Gasteiger partial charge is 0.331 e. The van der Waals surface area contributed by atoms with Gasteiger partial charge in [0.1, 0.15) is 0 Å². The van der Waals surface area contributed by atoms with Crippen LogP contribution in [0.15, 0.2) is 30.5 Å². The normalized spacial score (nSPS) is 14.9. The predicted octanol–water partition coefficient (Wildman–Crippen LogP) is 0.254. The highest BCUT2D eigenvalue weighted by atomic mass is 16.4. The van der Waals surface area contributed by atoms with Gasteiger partial charge in [0.2, 0.25) is 0 Å². The van der Waals surface area contributed by atoms with E-state index in [1.54, 1.807) is 18.3 Å². The zero-order valence-electron chi connectivity index (χ0n) is 12.9. The molecular formula is C16H19N3O5. The molecule has 0 aliphatic heterocycles. The molecule has 2 unspecified atom stereocenters. The van der Waals surface area contributed by atoms with Crippen molar-refractivity contribution >= 4 is 28.6 Å². The highest BCUT2D eigenvalue weighted by Crippen LogP contribution is 2.23. The third kappa shape index (κ3) is 3.44. The van der Waals surface area contributed by atoms with Crippen LogP contribution in [0, 0.1) is 0 Å². The fourth-order valence-electron chi connectivity index (χ4n) is 2.59. The van der Waals surface area contributed by atoms with Gasteiger partial charge in [-0.3, -0.25) is 9.59 Å². The number of aromatic nitrogens is 1. The summed E-state index contributed by atoms with van der Waals surface area (Å²) < 4.78 is 0. The Morgan fingerprint density at radius 1 is 1.21 bits per heavy atom. The average molecular weight is 333 g/mol. The van der Waals surface area contributed by atoms with Gasteiger partial charge in [0.05, 0.1) is 6.04 Å². The van der Waals surface area contributed by atoms with E-state index in [1.807, 2.05) is 12.1 Å². The van der Waals surface area contributed by atoms with Gasteiger partial charge < -0.3 is 26.7 Å². The number of carbonyl (C=O) groups excluding carboxylic acids is 1. The predicted molar refractivity (Wildman–Crippen MR) is 86.4 cm³/mol. The maximum absolute atomic E-state index is 12.4. The number of Topliss-reactive ketones (excluding diaryl/α,β-unsaturated/α-hetero) is 1. The largest absolute Gasteiger partial charge is 0.481 e. The molecule has 1 aromatic heterocycles. The van der Waals surface area contributed by atoms with Crippen molar-refractivity contribution in [2.75, 3.05) is 0 Å². The minimum Gasteiger partial charge on any atom is -0.481 e. The van der Waals surface area contributed by atoms with Gasteiger partial charge in [0.25, 0.3) is 0 Å². The molecule has 1 aromatic carbocycles. The lowest BCUT2D eigenvalue weighted by Gasteiger charge is -2.26. The molecule has 2 aromatic rings. The summed E-state index contributed by atoms with van der Waals surface area (Å²) in [4.78, 5) is 37.7. The third-order valence-electron chi connectivity index (χ3n) is 3.97. The Morgan fingerprint density at radius 3 is 2.50 bits per heavy atom. The summed E-state index contributed by atoms with van der Waals surface area (Å²) in [6.45, 7) is 0. The molecule has 128 valence electrons. The van der Waals surface area contributed by atoms with Crippen molar-refractivity contribution in [2.45, 2.75) is 30.8 Å². The van der Waals surface area contributed by atoms with Gasteiger partial charge in [-0.25, -0.2) is 4.79 Å². The zero-order valence-corrected chi connectivity index (χ0v) is 12.9. The summed E-state index contributed by atoms with van der Waals surface area (Å²) in [6, 6.07) is 5.96. The van der Waals surface area contributed by atoms with Crippen molar-refractivity contribution < 1.29 is 24.6 Å². The summed E-state index contributed by atoms with van der Waals surface area (Å²) in [5.74, 6) is -3.50. The van der Waals surface area contributed by atoms with Crippen molar-refractivity contribution in [2.24, 2.45) is 11.5 Å². The van der Waals surface area contributed by atoms with Crippen molar-refractivity contribution in [1.29, 1.82) is 0 Å². The number of carbonyl (C=O) groups is 3. The van der Waals surface area contributed by atoms with E-state index in [9.17, 15) is 19.5 Å². The van der Waals surface area contributed by atoms with Gasteiger partial charge >= 0.3 is 11.9 Å². The lowest BCUT2D eigenvalue weighted by molar-refractivity contribution is -0.148. The summed E-state index contributed by atoms with van der Waals surface area (Å²) >= 11 is 0. The number of carboxylic acids is 2. The van der Waals surface area contributed by atoms with Crippen molar-refractivity contribution in [3.05, 3.63) is 36.0 Å². The first kappa shape index (κ1) is 17.6. The van der Waals surface area contributed by atoms with Crippen molar-refractivity contribution in [1.82, 2.24) is 4.98 Å². The van der Waals surface area contributed by atoms with Gasteiger partial charge in [-0.2, -0.15) is 0 Å². The summed E-state index contributed by atoms with van der Waals surface area (Å²) in [5.41, 5.74) is 10.7. The number of benzene rings is 1. The molecule has 8 heteroatoms. The van der Waals surface area contributed by atoms with E-state index in [-0.39, 0.29) is 19.3 Å². The number of rotatable bonds is 8. The van der Waals surface area contributed by atoms with Gasteiger partial charge in [-0.15, -0.1) is 0 Å². The molecule has 1 heterocycles. The van der Waals surface area contributed by atoms with E-state index in [0.29, 0.717) is 5.56 Å². The van der Waals surface area contributed by atoms with Crippen LogP contribution in [0.5, 0.6) is 0 Å². The van der Waals surface area contributed by atoms with E-state index in [1.165, 1.54) is 0 Å². The molecule has 0 aliphatic carbocycles. The maximum Gasteiger partial charge on any atom is 0.331 e. The molecule has 0 bridgehead atoms. The van der Waals surface area contributed by atoms with E-state index in [0.717, 1.165) is 10.9 Å². The molecular weight excluding hydrogens is 314 g/mol. The summed E-state index contributed by atoms with van der Waals surface area (Å²) in [5, 5.41) is 18.9. The molecule has 0 spiro atoms. The van der Waals surface area contributed by atoms with E-state index in [2.05, 4.69) is 4.98 Å². The van der Waals surface area contributed by atoms with E-state index in [4.69, 9.17) is 16.6 Å². The highest BCUT2D eigenvalue weighted by molar-refractivity contribution is 6.10. The monoisotopic (exact) mass is 333 g/mol. The second-order valence-electron chi connectivity index (χ2n) is 5.72. The first-order chi connectivity index (χ1) is 11.3. The fraction of sp³-hybridized carbons (Fsp3) is 0.312. The van der Waals surface area contributed by atoms with Crippen LogP contribution in [0.3, 0.4) is 0 Å². The Balaban J connectivity index is 2.28. The third-order valence-corrected chi connectivity index (χ3v) is 3.97. The van der Waals surface area contributed by atoms with Crippen LogP contribution in [0.2, 0.25) is 0 Å². The van der Waals surface area contributed by atoms with Gasteiger partial charge in [-0.05, 0) is 18.1 Å². The molecule has 2 atom stereocenters. The number of H-pyrrole nitrogens is 1. The Morgan fingerprint density at radius 2 is 1.88 bits per heavy atom. The molecule has 0 amide bonds. The number of fused-ring (bicyclic) bond motifs is 1. The Kier molecular flexibility index (Phi) is 5.01. The van der Waals surface area contributed by atoms with E-state index < -0.39 is 29.3 Å². The first-order valence-electron chi connectivity index (χ1n) is 7.34. The van der Waals surface area contributed by atoms with Crippen LogP contribution in [-0.4, -0.2) is 44.5 Å². The molecule has 7 N–H and O–H groups in total. The topological polar surface area (TPSA) is 160 Å². The first-order valence-corrected chi connectivity index (χ1v) is 7.34. The summed E-state index contributed by atoms with van der Waals surface area (Å²) in [6.07, 6.45) is 0.848. The average Bonchev–Trinajstić information content (AvgIpc) is 2.94. The number of nitrogens with two attached hydrogens (primary N) is 2. The van der Waals surface area contributed by atoms with Crippen LogP contribution >= 0.6 is 0 Å². The van der Waals surface area contributed by atoms with Gasteiger partial charge in [-0.1, -0.05) is 18.2 Å². The second kappa shape index (κ2) is 6.81. The molecule has 8 nitrogen and oxygen atoms in total. The Bertz CT molecular complexity index is 785. The van der Waals surface area contributed by atoms with Crippen LogP contribution in [-0.2, 0) is 20.8 Å². The second-order valence-corrected chi connectivity index (χ2v) is 5.72. The number of ketones is 1. The zero-order chi connectivity index (χ0) is 17.9. The van der Waals surface area contributed by atoms with Crippen molar-refractivity contribution in [3.63, 3.8) is 0 Å².